The summed E-state index contributed by atoms with van der Waals surface area (Å²) in [5.74, 6) is 0.335. The van der Waals surface area contributed by atoms with Gasteiger partial charge in [0, 0.05) is 18.3 Å². The minimum Gasteiger partial charge on any atom is -0.364 e. The van der Waals surface area contributed by atoms with E-state index < -0.39 is 4.92 Å². The van der Waals surface area contributed by atoms with Crippen molar-refractivity contribution >= 4 is 11.5 Å². The number of anilines is 1. The Bertz CT molecular complexity index is 368. The number of nitrogens with two attached hydrogens (primary N) is 1. The first-order valence-corrected chi connectivity index (χ1v) is 5.20. The zero-order valence-corrected chi connectivity index (χ0v) is 9.27. The third kappa shape index (κ3) is 3.16. The predicted molar refractivity (Wildman–Crippen MR) is 62.4 cm³/mol. The Morgan fingerprint density at radius 1 is 1.56 bits per heavy atom. The van der Waals surface area contributed by atoms with Crippen molar-refractivity contribution in [2.24, 2.45) is 5.73 Å². The van der Waals surface area contributed by atoms with Gasteiger partial charge < -0.3 is 11.1 Å². The average Bonchev–Trinajstić information content (AvgIpc) is 2.24. The second-order valence-electron chi connectivity index (χ2n) is 3.50. The van der Waals surface area contributed by atoms with Crippen molar-refractivity contribution in [2.45, 2.75) is 19.8 Å². The highest BCUT2D eigenvalue weighted by atomic mass is 16.6. The molecule has 0 radical (unpaired) electrons. The van der Waals surface area contributed by atoms with Crippen molar-refractivity contribution < 1.29 is 4.92 Å². The molecule has 1 rings (SSSR count). The maximum Gasteiger partial charge on any atom is 0.314 e. The zero-order chi connectivity index (χ0) is 12.0. The maximum atomic E-state index is 10.8. The molecule has 0 aromatic carbocycles. The van der Waals surface area contributed by atoms with Gasteiger partial charge in [-0.05, 0) is 32.4 Å². The molecule has 1 aromatic rings. The molecule has 0 unspecified atom stereocenters. The first-order valence-electron chi connectivity index (χ1n) is 5.20. The molecule has 0 fully saturated rings. The molecule has 6 heteroatoms. The molecule has 0 aliphatic heterocycles. The largest absolute Gasteiger partial charge is 0.364 e. The van der Waals surface area contributed by atoms with Crippen molar-refractivity contribution in [2.75, 3.05) is 18.4 Å². The third-order valence-electron chi connectivity index (χ3n) is 2.23. The lowest BCUT2D eigenvalue weighted by molar-refractivity contribution is -0.384. The highest BCUT2D eigenvalue weighted by Gasteiger charge is 2.17. The summed E-state index contributed by atoms with van der Waals surface area (Å²) in [7, 11) is 0. The summed E-state index contributed by atoms with van der Waals surface area (Å²) >= 11 is 0. The van der Waals surface area contributed by atoms with E-state index in [4.69, 9.17) is 5.73 Å². The van der Waals surface area contributed by atoms with Gasteiger partial charge in [0.15, 0.2) is 0 Å². The lowest BCUT2D eigenvalue weighted by Gasteiger charge is -2.06. The monoisotopic (exact) mass is 224 g/mol. The van der Waals surface area contributed by atoms with Crippen molar-refractivity contribution in [3.05, 3.63) is 27.9 Å². The van der Waals surface area contributed by atoms with E-state index in [1.54, 1.807) is 19.2 Å². The molecule has 1 aromatic heterocycles. The molecule has 6 nitrogen and oxygen atoms in total. The maximum absolute atomic E-state index is 10.8. The Balaban J connectivity index is 2.71. The van der Waals surface area contributed by atoms with Crippen molar-refractivity contribution in [1.82, 2.24) is 4.98 Å². The molecule has 0 atom stereocenters. The molecule has 0 amide bonds. The van der Waals surface area contributed by atoms with Gasteiger partial charge in [-0.2, -0.15) is 0 Å². The normalized spacial score (nSPS) is 10.1. The first kappa shape index (κ1) is 12.4. The number of rotatable bonds is 6. The minimum absolute atomic E-state index is 0.0512. The Labute approximate surface area is 94.0 Å². The van der Waals surface area contributed by atoms with Crippen LogP contribution in [0.25, 0.3) is 0 Å². The molecule has 0 aliphatic rings. The fraction of sp³-hybridized carbons (Fsp3) is 0.500. The van der Waals surface area contributed by atoms with E-state index in [9.17, 15) is 10.1 Å². The number of nitrogens with zero attached hydrogens (tertiary/aromatic N) is 2. The van der Waals surface area contributed by atoms with Gasteiger partial charge in [-0.15, -0.1) is 0 Å². The number of unbranched alkanes of at least 4 members (excludes halogenated alkanes) is 1. The lowest BCUT2D eigenvalue weighted by Crippen LogP contribution is -2.09. The average molecular weight is 224 g/mol. The molecule has 16 heavy (non-hydrogen) atoms. The molecule has 88 valence electrons. The molecule has 0 saturated heterocycles. The summed E-state index contributed by atoms with van der Waals surface area (Å²) in [6, 6.07) is 1.63. The van der Waals surface area contributed by atoms with Gasteiger partial charge in [-0.25, -0.2) is 4.98 Å². The van der Waals surface area contributed by atoms with E-state index in [-0.39, 0.29) is 5.69 Å². The van der Waals surface area contributed by atoms with Crippen LogP contribution in [0.2, 0.25) is 0 Å². The van der Waals surface area contributed by atoms with E-state index in [1.165, 1.54) is 0 Å². The number of nitro groups is 1. The SMILES string of the molecule is Cc1ccnc(NCCCCN)c1[N+](=O)[O-]. The Morgan fingerprint density at radius 3 is 2.94 bits per heavy atom. The number of hydrogen-bond donors (Lipinski definition) is 2. The van der Waals surface area contributed by atoms with E-state index >= 15 is 0 Å². The van der Waals surface area contributed by atoms with Gasteiger partial charge in [0.25, 0.3) is 0 Å². The molecular formula is C10H16N4O2. The van der Waals surface area contributed by atoms with Gasteiger partial charge in [0.2, 0.25) is 5.82 Å². The molecule has 1 heterocycles. The smallest absolute Gasteiger partial charge is 0.314 e. The van der Waals surface area contributed by atoms with Crippen LogP contribution in [0.15, 0.2) is 12.3 Å². The highest BCUT2D eigenvalue weighted by Crippen LogP contribution is 2.25. The van der Waals surface area contributed by atoms with Crippen LogP contribution < -0.4 is 11.1 Å². The summed E-state index contributed by atoms with van der Waals surface area (Å²) in [5.41, 5.74) is 6.02. The van der Waals surface area contributed by atoms with Crippen LogP contribution >= 0.6 is 0 Å². The Hall–Kier alpha value is -1.69. The lowest BCUT2D eigenvalue weighted by atomic mass is 10.2. The third-order valence-corrected chi connectivity index (χ3v) is 2.23. The van der Waals surface area contributed by atoms with Gasteiger partial charge >= 0.3 is 5.69 Å². The van der Waals surface area contributed by atoms with Crippen molar-refractivity contribution in [3.63, 3.8) is 0 Å². The van der Waals surface area contributed by atoms with Gasteiger partial charge in [-0.1, -0.05) is 0 Å². The van der Waals surface area contributed by atoms with Crippen molar-refractivity contribution in [1.29, 1.82) is 0 Å². The van der Waals surface area contributed by atoms with Crippen LogP contribution in [0.1, 0.15) is 18.4 Å². The number of pyridine rings is 1. The molecule has 0 saturated carbocycles. The number of hydrogen-bond acceptors (Lipinski definition) is 5. The van der Waals surface area contributed by atoms with E-state index in [0.717, 1.165) is 12.8 Å². The van der Waals surface area contributed by atoms with Crippen LogP contribution in [-0.4, -0.2) is 23.0 Å². The summed E-state index contributed by atoms with van der Waals surface area (Å²) in [5, 5.41) is 13.8. The second-order valence-corrected chi connectivity index (χ2v) is 3.50. The zero-order valence-electron chi connectivity index (χ0n) is 9.27. The molecule has 0 spiro atoms. The molecule has 0 aliphatic carbocycles. The quantitative estimate of drug-likeness (QED) is 0.433. The topological polar surface area (TPSA) is 94.1 Å². The van der Waals surface area contributed by atoms with Crippen LogP contribution in [-0.2, 0) is 0 Å². The van der Waals surface area contributed by atoms with E-state index in [1.807, 2.05) is 0 Å². The number of aryl methyl sites for hydroxylation is 1. The summed E-state index contributed by atoms with van der Waals surface area (Å²) in [4.78, 5) is 14.4. The fourth-order valence-electron chi connectivity index (χ4n) is 1.39. The highest BCUT2D eigenvalue weighted by molar-refractivity contribution is 5.59. The Kier molecular flexibility index (Phi) is 4.65. The summed E-state index contributed by atoms with van der Waals surface area (Å²) < 4.78 is 0. The van der Waals surface area contributed by atoms with Crippen LogP contribution in [0, 0.1) is 17.0 Å². The molecular weight excluding hydrogens is 208 g/mol. The van der Waals surface area contributed by atoms with Crippen LogP contribution in [0.4, 0.5) is 11.5 Å². The molecule has 0 bridgehead atoms. The van der Waals surface area contributed by atoms with E-state index in [2.05, 4.69) is 10.3 Å². The number of nitrogens with one attached hydrogen (secondary N) is 1. The van der Waals surface area contributed by atoms with E-state index in [0.29, 0.717) is 24.5 Å². The van der Waals surface area contributed by atoms with Crippen LogP contribution in [0.5, 0.6) is 0 Å². The Morgan fingerprint density at radius 2 is 2.31 bits per heavy atom. The number of aromatic nitrogens is 1. The van der Waals surface area contributed by atoms with Crippen LogP contribution in [0.3, 0.4) is 0 Å². The van der Waals surface area contributed by atoms with Gasteiger partial charge in [0.1, 0.15) is 0 Å². The predicted octanol–water partition coefficient (Wildman–Crippen LogP) is 1.45. The van der Waals surface area contributed by atoms with Gasteiger partial charge in [-0.3, -0.25) is 10.1 Å². The first-order chi connectivity index (χ1) is 7.66. The van der Waals surface area contributed by atoms with Gasteiger partial charge in [0.05, 0.1) is 4.92 Å². The standard InChI is InChI=1S/C10H16N4O2/c1-8-4-7-13-10(9(8)14(15)16)12-6-3-2-5-11/h4,7H,2-3,5-6,11H2,1H3,(H,12,13). The summed E-state index contributed by atoms with van der Waals surface area (Å²) in [6.45, 7) is 2.98. The summed E-state index contributed by atoms with van der Waals surface area (Å²) in [6.07, 6.45) is 3.34. The second kappa shape index (κ2) is 6.02. The fourth-order valence-corrected chi connectivity index (χ4v) is 1.39. The minimum atomic E-state index is -0.409. The van der Waals surface area contributed by atoms with Crippen molar-refractivity contribution in [3.8, 4) is 0 Å². The molecule has 3 N–H and O–H groups in total.